The molecule has 0 saturated carbocycles. The monoisotopic (exact) mass is 348 g/mol. The maximum atomic E-state index is 11.7. The molecule has 0 bridgehead atoms. The van der Waals surface area contributed by atoms with Crippen molar-refractivity contribution in [1.29, 1.82) is 0 Å². The summed E-state index contributed by atoms with van der Waals surface area (Å²) in [5, 5.41) is 15.6. The Hall–Kier alpha value is -3.22. The third kappa shape index (κ3) is 2.92. The van der Waals surface area contributed by atoms with E-state index in [0.29, 0.717) is 0 Å². The lowest BCUT2D eigenvalue weighted by Gasteiger charge is -2.17. The SMILES string of the molecule is CC(=O)N1CCc2cc(N[C@@H](C)c3nnnn3-c3ccccc3)ccc21. The Morgan fingerprint density at radius 1 is 1.19 bits per heavy atom. The Labute approximate surface area is 151 Å². The number of carbonyl (C=O) groups excluding carboxylic acids is 1. The largest absolute Gasteiger partial charge is 0.375 e. The van der Waals surface area contributed by atoms with Crippen molar-refractivity contribution >= 4 is 17.3 Å². The van der Waals surface area contributed by atoms with Crippen LogP contribution in [0.25, 0.3) is 5.69 Å². The van der Waals surface area contributed by atoms with Gasteiger partial charge in [-0.05, 0) is 59.7 Å². The number of tetrazole rings is 1. The van der Waals surface area contributed by atoms with Crippen molar-refractivity contribution < 1.29 is 4.79 Å². The number of nitrogens with one attached hydrogen (secondary N) is 1. The van der Waals surface area contributed by atoms with Gasteiger partial charge < -0.3 is 10.2 Å². The van der Waals surface area contributed by atoms with Gasteiger partial charge in [0.2, 0.25) is 5.91 Å². The quantitative estimate of drug-likeness (QED) is 0.784. The lowest BCUT2D eigenvalue weighted by molar-refractivity contribution is -0.116. The van der Waals surface area contributed by atoms with Gasteiger partial charge in [-0.25, -0.2) is 0 Å². The minimum Gasteiger partial charge on any atom is -0.375 e. The van der Waals surface area contributed by atoms with Gasteiger partial charge in [0.25, 0.3) is 0 Å². The van der Waals surface area contributed by atoms with Gasteiger partial charge in [0.05, 0.1) is 11.7 Å². The van der Waals surface area contributed by atoms with E-state index in [0.717, 1.165) is 35.9 Å². The Balaban J connectivity index is 1.56. The molecule has 1 aliphatic heterocycles. The molecular weight excluding hydrogens is 328 g/mol. The average molecular weight is 348 g/mol. The van der Waals surface area contributed by atoms with Crippen LogP contribution in [-0.4, -0.2) is 32.7 Å². The molecule has 132 valence electrons. The molecule has 0 spiro atoms. The van der Waals surface area contributed by atoms with Gasteiger partial charge in [0, 0.05) is 24.8 Å². The highest BCUT2D eigenvalue weighted by atomic mass is 16.2. The first-order valence-electron chi connectivity index (χ1n) is 8.65. The summed E-state index contributed by atoms with van der Waals surface area (Å²) in [5.41, 5.74) is 4.10. The minimum absolute atomic E-state index is 0.0754. The number of rotatable bonds is 4. The van der Waals surface area contributed by atoms with Gasteiger partial charge in [-0.1, -0.05) is 18.2 Å². The Morgan fingerprint density at radius 3 is 2.77 bits per heavy atom. The molecule has 0 saturated heterocycles. The third-order valence-electron chi connectivity index (χ3n) is 4.62. The smallest absolute Gasteiger partial charge is 0.223 e. The fourth-order valence-electron chi connectivity index (χ4n) is 3.35. The molecular formula is C19H20N6O. The van der Waals surface area contributed by atoms with Crippen LogP contribution in [-0.2, 0) is 11.2 Å². The highest BCUT2D eigenvalue weighted by Crippen LogP contribution is 2.31. The number of carbonyl (C=O) groups is 1. The lowest BCUT2D eigenvalue weighted by atomic mass is 10.1. The fraction of sp³-hybridized carbons (Fsp3) is 0.263. The van der Waals surface area contributed by atoms with Crippen LogP contribution in [0.4, 0.5) is 11.4 Å². The van der Waals surface area contributed by atoms with Crippen molar-refractivity contribution in [1.82, 2.24) is 20.2 Å². The molecule has 1 aliphatic rings. The highest BCUT2D eigenvalue weighted by Gasteiger charge is 2.23. The molecule has 1 N–H and O–H groups in total. The van der Waals surface area contributed by atoms with Crippen LogP contribution in [0.5, 0.6) is 0 Å². The molecule has 0 aliphatic carbocycles. The topological polar surface area (TPSA) is 75.9 Å². The molecule has 4 rings (SSSR count). The number of nitrogens with zero attached hydrogens (tertiary/aromatic N) is 5. The van der Waals surface area contributed by atoms with Crippen LogP contribution >= 0.6 is 0 Å². The standard InChI is InChI=1S/C19H20N6O/c1-13(19-21-22-23-25(19)17-6-4-3-5-7-17)20-16-8-9-18-15(12-16)10-11-24(18)14(2)26/h3-9,12-13,20H,10-11H2,1-2H3/t13-/m0/s1. The predicted octanol–water partition coefficient (Wildman–Crippen LogP) is 2.74. The molecule has 7 nitrogen and oxygen atoms in total. The van der Waals surface area contributed by atoms with Crippen molar-refractivity contribution in [3.8, 4) is 5.69 Å². The van der Waals surface area contributed by atoms with Crippen LogP contribution in [0.2, 0.25) is 0 Å². The predicted molar refractivity (Wildman–Crippen MR) is 99.4 cm³/mol. The minimum atomic E-state index is -0.0754. The third-order valence-corrected chi connectivity index (χ3v) is 4.62. The Kier molecular flexibility index (Phi) is 4.12. The van der Waals surface area contributed by atoms with E-state index in [-0.39, 0.29) is 11.9 Å². The van der Waals surface area contributed by atoms with Crippen molar-refractivity contribution in [2.75, 3.05) is 16.8 Å². The fourth-order valence-corrected chi connectivity index (χ4v) is 3.35. The number of anilines is 2. The Morgan fingerprint density at radius 2 is 2.00 bits per heavy atom. The van der Waals surface area contributed by atoms with Crippen LogP contribution < -0.4 is 10.2 Å². The molecule has 1 amide bonds. The average Bonchev–Trinajstić information content (AvgIpc) is 3.29. The number of benzene rings is 2. The van der Waals surface area contributed by atoms with Gasteiger partial charge in [-0.15, -0.1) is 5.10 Å². The molecule has 0 unspecified atom stereocenters. The summed E-state index contributed by atoms with van der Waals surface area (Å²) >= 11 is 0. The van der Waals surface area contributed by atoms with Gasteiger partial charge in [0.15, 0.2) is 5.82 Å². The van der Waals surface area contributed by atoms with Crippen molar-refractivity contribution in [2.24, 2.45) is 0 Å². The van der Waals surface area contributed by atoms with Crippen molar-refractivity contribution in [2.45, 2.75) is 26.3 Å². The molecule has 1 atom stereocenters. The second kappa shape index (κ2) is 6.59. The van der Waals surface area contributed by atoms with E-state index in [9.17, 15) is 4.79 Å². The zero-order valence-corrected chi connectivity index (χ0v) is 14.8. The highest BCUT2D eigenvalue weighted by molar-refractivity contribution is 5.94. The summed E-state index contributed by atoms with van der Waals surface area (Å²) in [6, 6.07) is 15.8. The molecule has 0 radical (unpaired) electrons. The van der Waals surface area contributed by atoms with Crippen LogP contribution in [0.1, 0.15) is 31.3 Å². The van der Waals surface area contributed by atoms with Crippen LogP contribution in [0.3, 0.4) is 0 Å². The number of hydrogen-bond acceptors (Lipinski definition) is 5. The second-order valence-corrected chi connectivity index (χ2v) is 6.41. The summed E-state index contributed by atoms with van der Waals surface area (Å²) in [6.07, 6.45) is 0.876. The molecule has 1 aromatic heterocycles. The van der Waals surface area contributed by atoms with E-state index in [1.807, 2.05) is 54.3 Å². The number of amides is 1. The number of fused-ring (bicyclic) bond motifs is 1. The second-order valence-electron chi connectivity index (χ2n) is 6.41. The normalized spacial score (nSPS) is 14.2. The number of hydrogen-bond donors (Lipinski definition) is 1. The molecule has 0 fully saturated rings. The van der Waals surface area contributed by atoms with Gasteiger partial charge in [0.1, 0.15) is 0 Å². The summed E-state index contributed by atoms with van der Waals surface area (Å²) in [4.78, 5) is 13.5. The molecule has 2 aromatic carbocycles. The van der Waals surface area contributed by atoms with E-state index in [4.69, 9.17) is 0 Å². The van der Waals surface area contributed by atoms with Gasteiger partial charge in [-0.3, -0.25) is 4.79 Å². The van der Waals surface area contributed by atoms with Crippen molar-refractivity contribution in [3.05, 3.63) is 59.9 Å². The van der Waals surface area contributed by atoms with E-state index >= 15 is 0 Å². The van der Waals surface area contributed by atoms with Crippen molar-refractivity contribution in [3.63, 3.8) is 0 Å². The summed E-state index contributed by atoms with van der Waals surface area (Å²) in [7, 11) is 0. The zero-order valence-electron chi connectivity index (χ0n) is 14.8. The maximum absolute atomic E-state index is 11.7. The lowest BCUT2D eigenvalue weighted by Crippen LogP contribution is -2.25. The van der Waals surface area contributed by atoms with Gasteiger partial charge >= 0.3 is 0 Å². The zero-order chi connectivity index (χ0) is 18.1. The summed E-state index contributed by atoms with van der Waals surface area (Å²) < 4.78 is 1.74. The molecule has 3 aromatic rings. The summed E-state index contributed by atoms with van der Waals surface area (Å²) in [6.45, 7) is 4.38. The number of aromatic nitrogens is 4. The first-order valence-corrected chi connectivity index (χ1v) is 8.65. The molecule has 7 heteroatoms. The molecule has 2 heterocycles. The first kappa shape index (κ1) is 16.3. The number of para-hydroxylation sites is 1. The van der Waals surface area contributed by atoms with Gasteiger partial charge in [-0.2, -0.15) is 4.68 Å². The molecule has 26 heavy (non-hydrogen) atoms. The van der Waals surface area contributed by atoms with E-state index in [1.165, 1.54) is 5.56 Å². The first-order chi connectivity index (χ1) is 12.6. The Bertz CT molecular complexity index is 936. The van der Waals surface area contributed by atoms with E-state index < -0.39 is 0 Å². The van der Waals surface area contributed by atoms with E-state index in [2.05, 4.69) is 26.9 Å². The maximum Gasteiger partial charge on any atom is 0.223 e. The summed E-state index contributed by atoms with van der Waals surface area (Å²) in [5.74, 6) is 0.821. The van der Waals surface area contributed by atoms with Crippen LogP contribution in [0.15, 0.2) is 48.5 Å². The van der Waals surface area contributed by atoms with Crippen LogP contribution in [0, 0.1) is 0 Å². The van der Waals surface area contributed by atoms with E-state index in [1.54, 1.807) is 11.6 Å².